The van der Waals surface area contributed by atoms with E-state index in [-0.39, 0.29) is 12.3 Å². The van der Waals surface area contributed by atoms with Gasteiger partial charge < -0.3 is 10.0 Å². The summed E-state index contributed by atoms with van der Waals surface area (Å²) in [6.45, 7) is 2.42. The summed E-state index contributed by atoms with van der Waals surface area (Å²) < 4.78 is 0. The van der Waals surface area contributed by atoms with Crippen LogP contribution in [0.2, 0.25) is 0 Å². The average molecular weight is 295 g/mol. The number of benzene rings is 2. The molecule has 1 N–H and O–H groups in total. The highest BCUT2D eigenvalue weighted by Gasteiger charge is 2.34. The quantitative estimate of drug-likeness (QED) is 0.942. The molecule has 1 unspecified atom stereocenters. The molecule has 2 aromatic rings. The Morgan fingerprint density at radius 3 is 2.68 bits per heavy atom. The van der Waals surface area contributed by atoms with Crippen LogP contribution in [0.5, 0.6) is 0 Å². The lowest BCUT2D eigenvalue weighted by Gasteiger charge is -2.27. The van der Waals surface area contributed by atoms with Gasteiger partial charge in [-0.15, -0.1) is 0 Å². The van der Waals surface area contributed by atoms with Gasteiger partial charge >= 0.3 is 5.97 Å². The summed E-state index contributed by atoms with van der Waals surface area (Å²) in [6.07, 6.45) is -0.0941. The first-order chi connectivity index (χ1) is 10.6. The van der Waals surface area contributed by atoms with Crippen LogP contribution in [-0.2, 0) is 11.3 Å². The second-order valence-corrected chi connectivity index (χ2v) is 5.62. The number of rotatable bonds is 4. The molecule has 112 valence electrons. The van der Waals surface area contributed by atoms with Crippen molar-refractivity contribution >= 4 is 11.9 Å². The number of carbonyl (C=O) groups is 2. The minimum absolute atomic E-state index is 0.0941. The molecule has 0 aromatic heterocycles. The van der Waals surface area contributed by atoms with Crippen molar-refractivity contribution in [3.8, 4) is 0 Å². The second-order valence-electron chi connectivity index (χ2n) is 5.62. The van der Waals surface area contributed by atoms with Crippen LogP contribution in [0.15, 0.2) is 48.5 Å². The SMILES string of the molecule is Cc1cccc(C(CC(=O)O)N2Cc3ccccc3C2=O)c1. The number of nitrogens with zero attached hydrogens (tertiary/aromatic N) is 1. The third kappa shape index (κ3) is 2.60. The van der Waals surface area contributed by atoms with Gasteiger partial charge in [0.05, 0.1) is 12.5 Å². The molecule has 1 atom stereocenters. The van der Waals surface area contributed by atoms with E-state index in [4.69, 9.17) is 0 Å². The summed E-state index contributed by atoms with van der Waals surface area (Å²) in [6, 6.07) is 14.7. The smallest absolute Gasteiger partial charge is 0.305 e. The van der Waals surface area contributed by atoms with E-state index in [1.165, 1.54) is 0 Å². The largest absolute Gasteiger partial charge is 0.481 e. The normalized spacial score (nSPS) is 14.8. The Hall–Kier alpha value is -2.62. The predicted molar refractivity (Wildman–Crippen MR) is 82.5 cm³/mol. The first kappa shape index (κ1) is 14.3. The van der Waals surface area contributed by atoms with Crippen molar-refractivity contribution < 1.29 is 14.7 Å². The molecular formula is C18H17NO3. The van der Waals surface area contributed by atoms with Gasteiger partial charge in [0.25, 0.3) is 5.91 Å². The number of amides is 1. The van der Waals surface area contributed by atoms with Crippen LogP contribution < -0.4 is 0 Å². The van der Waals surface area contributed by atoms with Gasteiger partial charge in [0.15, 0.2) is 0 Å². The van der Waals surface area contributed by atoms with Crippen LogP contribution in [-0.4, -0.2) is 21.9 Å². The van der Waals surface area contributed by atoms with E-state index in [2.05, 4.69) is 0 Å². The fourth-order valence-electron chi connectivity index (χ4n) is 2.98. The topological polar surface area (TPSA) is 57.6 Å². The molecule has 1 amide bonds. The summed E-state index contributed by atoms with van der Waals surface area (Å²) in [5.41, 5.74) is 3.54. The van der Waals surface area contributed by atoms with Crippen molar-refractivity contribution in [2.45, 2.75) is 25.9 Å². The van der Waals surface area contributed by atoms with Crippen LogP contribution in [0.3, 0.4) is 0 Å². The zero-order valence-corrected chi connectivity index (χ0v) is 12.3. The lowest BCUT2D eigenvalue weighted by Crippen LogP contribution is -2.30. The molecule has 3 rings (SSSR count). The van der Waals surface area contributed by atoms with Crippen LogP contribution >= 0.6 is 0 Å². The van der Waals surface area contributed by atoms with E-state index >= 15 is 0 Å². The molecule has 4 nitrogen and oxygen atoms in total. The minimum atomic E-state index is -0.907. The first-order valence-electron chi connectivity index (χ1n) is 7.23. The maximum Gasteiger partial charge on any atom is 0.305 e. The number of aryl methyl sites for hydroxylation is 1. The molecule has 0 fully saturated rings. The fourth-order valence-corrected chi connectivity index (χ4v) is 2.98. The van der Waals surface area contributed by atoms with Crippen molar-refractivity contribution in [1.82, 2.24) is 4.90 Å². The van der Waals surface area contributed by atoms with Gasteiger partial charge in [-0.1, -0.05) is 48.0 Å². The Labute approximate surface area is 129 Å². The summed E-state index contributed by atoms with van der Waals surface area (Å²) >= 11 is 0. The van der Waals surface area contributed by atoms with Crippen LogP contribution in [0.25, 0.3) is 0 Å². The number of carboxylic acids is 1. The van der Waals surface area contributed by atoms with E-state index in [0.29, 0.717) is 12.1 Å². The van der Waals surface area contributed by atoms with Crippen molar-refractivity contribution in [2.24, 2.45) is 0 Å². The Bertz CT molecular complexity index is 739. The number of hydrogen-bond acceptors (Lipinski definition) is 2. The van der Waals surface area contributed by atoms with Gasteiger partial charge in [-0.25, -0.2) is 0 Å². The molecule has 0 saturated carbocycles. The Kier molecular flexibility index (Phi) is 3.67. The van der Waals surface area contributed by atoms with Gasteiger partial charge in [-0.3, -0.25) is 9.59 Å². The van der Waals surface area contributed by atoms with Gasteiger partial charge in [-0.05, 0) is 24.1 Å². The zero-order chi connectivity index (χ0) is 15.7. The summed E-state index contributed by atoms with van der Waals surface area (Å²) in [5.74, 6) is -1.00. The Balaban J connectivity index is 1.98. The summed E-state index contributed by atoms with van der Waals surface area (Å²) in [4.78, 5) is 25.5. The highest BCUT2D eigenvalue weighted by atomic mass is 16.4. The minimum Gasteiger partial charge on any atom is -0.481 e. The number of aliphatic carboxylic acids is 1. The molecular weight excluding hydrogens is 278 g/mol. The van der Waals surface area contributed by atoms with Gasteiger partial charge in [0.2, 0.25) is 0 Å². The molecule has 1 aliphatic rings. The third-order valence-corrected chi connectivity index (χ3v) is 4.02. The van der Waals surface area contributed by atoms with Gasteiger partial charge in [0.1, 0.15) is 0 Å². The molecule has 22 heavy (non-hydrogen) atoms. The zero-order valence-electron chi connectivity index (χ0n) is 12.3. The predicted octanol–water partition coefficient (Wildman–Crippen LogP) is 3.17. The van der Waals surface area contributed by atoms with Crippen molar-refractivity contribution in [3.05, 3.63) is 70.8 Å². The summed E-state index contributed by atoms with van der Waals surface area (Å²) in [7, 11) is 0. The van der Waals surface area contributed by atoms with E-state index < -0.39 is 12.0 Å². The van der Waals surface area contributed by atoms with Crippen LogP contribution in [0, 0.1) is 6.92 Å². The molecule has 4 heteroatoms. The monoisotopic (exact) mass is 295 g/mol. The van der Waals surface area contributed by atoms with E-state index in [1.54, 1.807) is 11.0 Å². The molecule has 0 aliphatic carbocycles. The van der Waals surface area contributed by atoms with Crippen LogP contribution in [0.4, 0.5) is 0 Å². The van der Waals surface area contributed by atoms with Gasteiger partial charge in [0, 0.05) is 12.1 Å². The van der Waals surface area contributed by atoms with E-state index in [0.717, 1.165) is 16.7 Å². The van der Waals surface area contributed by atoms with E-state index in [1.807, 2.05) is 49.4 Å². The average Bonchev–Trinajstić information content (AvgIpc) is 2.82. The maximum atomic E-state index is 12.6. The molecule has 0 saturated heterocycles. The van der Waals surface area contributed by atoms with Crippen molar-refractivity contribution in [1.29, 1.82) is 0 Å². The number of hydrogen-bond donors (Lipinski definition) is 1. The molecule has 0 radical (unpaired) electrons. The fraction of sp³-hybridized carbons (Fsp3) is 0.222. The highest BCUT2D eigenvalue weighted by Crippen LogP contribution is 2.33. The third-order valence-electron chi connectivity index (χ3n) is 4.02. The standard InChI is InChI=1S/C18H17NO3/c1-12-5-4-7-13(9-12)16(10-17(20)21)19-11-14-6-2-3-8-15(14)18(19)22/h2-9,16H,10-11H2,1H3,(H,20,21). The Morgan fingerprint density at radius 2 is 2.00 bits per heavy atom. The molecule has 0 spiro atoms. The number of carboxylic acid groups (broad SMARTS) is 1. The maximum absolute atomic E-state index is 12.6. The Morgan fingerprint density at radius 1 is 1.23 bits per heavy atom. The molecule has 0 bridgehead atoms. The van der Waals surface area contributed by atoms with Crippen molar-refractivity contribution in [2.75, 3.05) is 0 Å². The second kappa shape index (κ2) is 5.64. The lowest BCUT2D eigenvalue weighted by atomic mass is 10.00. The molecule has 2 aromatic carbocycles. The van der Waals surface area contributed by atoms with Crippen LogP contribution in [0.1, 0.15) is 39.5 Å². The van der Waals surface area contributed by atoms with E-state index in [9.17, 15) is 14.7 Å². The number of fused-ring (bicyclic) bond motifs is 1. The first-order valence-corrected chi connectivity index (χ1v) is 7.23. The van der Waals surface area contributed by atoms with Gasteiger partial charge in [-0.2, -0.15) is 0 Å². The summed E-state index contributed by atoms with van der Waals surface area (Å²) in [5, 5.41) is 9.24. The molecule has 1 heterocycles. The lowest BCUT2D eigenvalue weighted by molar-refractivity contribution is -0.138. The molecule has 1 aliphatic heterocycles. The highest BCUT2D eigenvalue weighted by molar-refractivity contribution is 5.98. The van der Waals surface area contributed by atoms with Crippen molar-refractivity contribution in [3.63, 3.8) is 0 Å². The number of carbonyl (C=O) groups excluding carboxylic acids is 1.